The fourth-order valence-electron chi connectivity index (χ4n) is 4.38. The highest BCUT2D eigenvalue weighted by molar-refractivity contribution is 5.82. The zero-order valence-corrected chi connectivity index (χ0v) is 20.2. The first-order chi connectivity index (χ1) is 17.4. The maximum Gasteiger partial charge on any atom is 0.119 e. The highest BCUT2D eigenvalue weighted by Gasteiger charge is 2.12. The molecule has 3 nitrogen and oxygen atoms in total. The molecule has 4 aromatic rings. The van der Waals surface area contributed by atoms with E-state index >= 15 is 0 Å². The molecular formula is C33H30O3. The molecule has 3 heteroatoms. The Morgan fingerprint density at radius 3 is 0.944 bits per heavy atom. The van der Waals surface area contributed by atoms with E-state index in [1.165, 1.54) is 0 Å². The van der Waals surface area contributed by atoms with Gasteiger partial charge in [-0.05, 0) is 124 Å². The molecule has 4 aromatic carbocycles. The van der Waals surface area contributed by atoms with E-state index in [2.05, 4.69) is 37.9 Å². The fraction of sp³-hybridized carbons (Fsp3) is 0.0909. The summed E-state index contributed by atoms with van der Waals surface area (Å²) in [6, 6.07) is 23.2. The number of rotatable bonds is 9. The Hall–Kier alpha value is -4.50. The van der Waals surface area contributed by atoms with Crippen molar-refractivity contribution < 1.29 is 15.3 Å². The molecule has 0 aliphatic rings. The molecule has 0 heterocycles. The maximum absolute atomic E-state index is 10.3. The molecule has 0 saturated heterocycles. The van der Waals surface area contributed by atoms with Crippen molar-refractivity contribution in [1.29, 1.82) is 0 Å². The third-order valence-corrected chi connectivity index (χ3v) is 6.26. The number of phenols is 3. The number of hydrogen-bond acceptors (Lipinski definition) is 3. The van der Waals surface area contributed by atoms with Gasteiger partial charge in [-0.15, -0.1) is 19.7 Å². The molecule has 0 aliphatic carbocycles. The Morgan fingerprint density at radius 2 is 0.694 bits per heavy atom. The molecule has 0 atom stereocenters. The first-order valence-corrected chi connectivity index (χ1v) is 11.9. The van der Waals surface area contributed by atoms with Crippen LogP contribution in [0.25, 0.3) is 33.4 Å². The number of allylic oxidation sites excluding steroid dienone is 3. The molecule has 0 bridgehead atoms. The first kappa shape index (κ1) is 24.6. The fourth-order valence-corrected chi connectivity index (χ4v) is 4.38. The van der Waals surface area contributed by atoms with Crippen molar-refractivity contribution in [3.05, 3.63) is 127 Å². The van der Waals surface area contributed by atoms with E-state index in [9.17, 15) is 15.3 Å². The average Bonchev–Trinajstić information content (AvgIpc) is 2.88. The summed E-state index contributed by atoms with van der Waals surface area (Å²) in [5.74, 6) is 0.737. The van der Waals surface area contributed by atoms with Gasteiger partial charge in [-0.1, -0.05) is 36.4 Å². The van der Waals surface area contributed by atoms with Crippen molar-refractivity contribution in [1.82, 2.24) is 0 Å². The van der Waals surface area contributed by atoms with Crippen LogP contribution in [0, 0.1) is 0 Å². The van der Waals surface area contributed by atoms with Gasteiger partial charge in [0.1, 0.15) is 17.2 Å². The van der Waals surface area contributed by atoms with Crippen LogP contribution in [0.1, 0.15) is 16.7 Å². The van der Waals surface area contributed by atoms with E-state index in [-0.39, 0.29) is 17.2 Å². The third-order valence-electron chi connectivity index (χ3n) is 6.26. The van der Waals surface area contributed by atoms with Crippen LogP contribution in [-0.2, 0) is 19.3 Å². The monoisotopic (exact) mass is 474 g/mol. The third kappa shape index (κ3) is 5.26. The maximum atomic E-state index is 10.3. The number of phenolic OH excluding ortho intramolecular Hbond substituents is 3. The van der Waals surface area contributed by atoms with Crippen molar-refractivity contribution >= 4 is 0 Å². The molecule has 0 saturated carbocycles. The van der Waals surface area contributed by atoms with E-state index in [1.807, 2.05) is 36.4 Å². The van der Waals surface area contributed by atoms with Gasteiger partial charge < -0.3 is 15.3 Å². The zero-order valence-electron chi connectivity index (χ0n) is 20.2. The highest BCUT2D eigenvalue weighted by Crippen LogP contribution is 2.37. The number of aromatic hydroxyl groups is 3. The number of benzene rings is 4. The zero-order chi connectivity index (χ0) is 25.7. The summed E-state index contributed by atoms with van der Waals surface area (Å²) in [6.07, 6.45) is 7.02. The Kier molecular flexibility index (Phi) is 7.41. The van der Waals surface area contributed by atoms with Crippen LogP contribution in [0.15, 0.2) is 111 Å². The van der Waals surface area contributed by atoms with Crippen LogP contribution in [0.2, 0.25) is 0 Å². The smallest absolute Gasteiger partial charge is 0.119 e. The molecule has 0 spiro atoms. The lowest BCUT2D eigenvalue weighted by Gasteiger charge is -2.14. The van der Waals surface area contributed by atoms with Gasteiger partial charge in [0, 0.05) is 0 Å². The second kappa shape index (κ2) is 10.8. The van der Waals surface area contributed by atoms with Gasteiger partial charge in [0.05, 0.1) is 0 Å². The van der Waals surface area contributed by atoms with Crippen LogP contribution in [0.3, 0.4) is 0 Å². The summed E-state index contributed by atoms with van der Waals surface area (Å²) in [4.78, 5) is 0. The predicted molar refractivity (Wildman–Crippen MR) is 149 cm³/mol. The van der Waals surface area contributed by atoms with Crippen LogP contribution in [0.5, 0.6) is 17.2 Å². The standard InChI is InChI=1S/C33H30O3/c1-4-7-25-16-22(10-13-31(25)34)28-19-29(23-11-14-32(35)26(17-23)8-5-2)21-30(20-28)24-12-15-33(36)27(18-24)9-6-3/h4-6,10-21,34-36H,1-3,7-9H2. The Balaban J connectivity index is 1.93. The largest absolute Gasteiger partial charge is 0.508 e. The summed E-state index contributed by atoms with van der Waals surface area (Å²) in [7, 11) is 0. The van der Waals surface area contributed by atoms with Gasteiger partial charge >= 0.3 is 0 Å². The van der Waals surface area contributed by atoms with E-state index in [4.69, 9.17) is 0 Å². The SMILES string of the molecule is C=CCc1cc(-c2cc(-c3ccc(O)c(CC=C)c3)cc(-c3ccc(O)c(CC=C)c3)c2)ccc1O. The van der Waals surface area contributed by atoms with Crippen LogP contribution >= 0.6 is 0 Å². The second-order valence-electron chi connectivity index (χ2n) is 8.81. The van der Waals surface area contributed by atoms with E-state index in [1.54, 1.807) is 36.4 Å². The van der Waals surface area contributed by atoms with Gasteiger partial charge in [0.25, 0.3) is 0 Å². The predicted octanol–water partition coefficient (Wildman–Crippen LogP) is 7.99. The van der Waals surface area contributed by atoms with E-state index in [0.29, 0.717) is 19.3 Å². The lowest BCUT2D eigenvalue weighted by Crippen LogP contribution is -1.91. The molecule has 0 unspecified atom stereocenters. The Labute approximate surface area is 212 Å². The van der Waals surface area contributed by atoms with E-state index < -0.39 is 0 Å². The molecule has 180 valence electrons. The summed E-state index contributed by atoms with van der Waals surface area (Å²) in [5, 5.41) is 30.8. The van der Waals surface area contributed by atoms with Gasteiger partial charge in [0.2, 0.25) is 0 Å². The van der Waals surface area contributed by atoms with Crippen molar-refractivity contribution in [2.75, 3.05) is 0 Å². The van der Waals surface area contributed by atoms with Crippen molar-refractivity contribution in [2.45, 2.75) is 19.3 Å². The van der Waals surface area contributed by atoms with Crippen LogP contribution in [0.4, 0.5) is 0 Å². The first-order valence-electron chi connectivity index (χ1n) is 11.9. The molecule has 0 aliphatic heterocycles. The highest BCUT2D eigenvalue weighted by atomic mass is 16.3. The molecule has 0 amide bonds. The summed E-state index contributed by atoms with van der Waals surface area (Å²) in [5.41, 5.74) is 8.33. The molecule has 36 heavy (non-hydrogen) atoms. The summed E-state index contributed by atoms with van der Waals surface area (Å²) < 4.78 is 0. The lowest BCUT2D eigenvalue weighted by atomic mass is 9.91. The van der Waals surface area contributed by atoms with Crippen LogP contribution in [-0.4, -0.2) is 15.3 Å². The molecular weight excluding hydrogens is 444 g/mol. The summed E-state index contributed by atoms with van der Waals surface area (Å²) in [6.45, 7) is 11.4. The van der Waals surface area contributed by atoms with Crippen LogP contribution < -0.4 is 0 Å². The van der Waals surface area contributed by atoms with E-state index in [0.717, 1.165) is 50.1 Å². The topological polar surface area (TPSA) is 60.7 Å². The Bertz CT molecular complexity index is 1260. The van der Waals surface area contributed by atoms with Gasteiger partial charge in [0.15, 0.2) is 0 Å². The molecule has 4 rings (SSSR count). The molecule has 0 fully saturated rings. The number of hydrogen-bond donors (Lipinski definition) is 3. The molecule has 3 N–H and O–H groups in total. The lowest BCUT2D eigenvalue weighted by molar-refractivity contribution is 0.469. The van der Waals surface area contributed by atoms with Crippen molar-refractivity contribution in [3.8, 4) is 50.6 Å². The average molecular weight is 475 g/mol. The van der Waals surface area contributed by atoms with Gasteiger partial charge in [-0.25, -0.2) is 0 Å². The second-order valence-corrected chi connectivity index (χ2v) is 8.81. The van der Waals surface area contributed by atoms with Crippen molar-refractivity contribution in [2.24, 2.45) is 0 Å². The molecule has 0 aromatic heterocycles. The minimum atomic E-state index is 0.246. The van der Waals surface area contributed by atoms with Gasteiger partial charge in [-0.3, -0.25) is 0 Å². The minimum Gasteiger partial charge on any atom is -0.508 e. The molecule has 0 radical (unpaired) electrons. The van der Waals surface area contributed by atoms with Crippen molar-refractivity contribution in [3.63, 3.8) is 0 Å². The van der Waals surface area contributed by atoms with Gasteiger partial charge in [-0.2, -0.15) is 0 Å². The Morgan fingerprint density at radius 1 is 0.417 bits per heavy atom. The minimum absolute atomic E-state index is 0.246. The summed E-state index contributed by atoms with van der Waals surface area (Å²) >= 11 is 0. The quantitative estimate of drug-likeness (QED) is 0.215. The normalized spacial score (nSPS) is 10.7.